The van der Waals surface area contributed by atoms with Crippen LogP contribution in [0.15, 0.2) is 24.3 Å². The van der Waals surface area contributed by atoms with Crippen LogP contribution in [-0.4, -0.2) is 90.6 Å². The molecule has 0 fully saturated rings. The lowest BCUT2D eigenvalue weighted by molar-refractivity contribution is -0.258. The molecule has 1 rings (SSSR count). The lowest BCUT2D eigenvalue weighted by Gasteiger charge is -2.51. The number of methoxy groups -OCH3 is 1. The third-order valence-corrected chi connectivity index (χ3v) is 5.69. The van der Waals surface area contributed by atoms with Crippen molar-refractivity contribution < 1.29 is 54.2 Å². The number of aliphatic hydroxyl groups excluding tert-OH is 2. The lowest BCUT2D eigenvalue weighted by Crippen LogP contribution is -2.81. The van der Waals surface area contributed by atoms with Gasteiger partial charge in [0.05, 0.1) is 7.11 Å². The summed E-state index contributed by atoms with van der Waals surface area (Å²) in [6.45, 7) is 2.73. The van der Waals surface area contributed by atoms with Gasteiger partial charge >= 0.3 is 0 Å². The van der Waals surface area contributed by atoms with Crippen LogP contribution in [0.2, 0.25) is 0 Å². The average Bonchev–Trinajstić information content (AvgIpc) is 2.75. The molecule has 0 aliphatic heterocycles. The summed E-state index contributed by atoms with van der Waals surface area (Å²) in [4.78, 5) is 61.3. The molecule has 11 nitrogen and oxygen atoms in total. The first-order valence-electron chi connectivity index (χ1n) is 9.76. The van der Waals surface area contributed by atoms with Gasteiger partial charge in [0.2, 0.25) is 11.4 Å². The third-order valence-electron chi connectivity index (χ3n) is 5.69. The highest BCUT2D eigenvalue weighted by atomic mass is 16.5. The van der Waals surface area contributed by atoms with E-state index in [9.17, 15) is 49.5 Å². The maximum atomic E-state index is 12.7. The molecule has 0 aliphatic rings. The molecule has 0 saturated heterocycles. The van der Waals surface area contributed by atoms with E-state index in [4.69, 9.17) is 4.74 Å². The third kappa shape index (κ3) is 4.63. The number of aliphatic hydroxyl groups is 5. The highest BCUT2D eigenvalue weighted by molar-refractivity contribution is 6.44. The Balaban J connectivity index is 4.04. The molecule has 0 aliphatic carbocycles. The van der Waals surface area contributed by atoms with Crippen molar-refractivity contribution in [3.8, 4) is 5.75 Å². The molecule has 5 N–H and O–H groups in total. The molecule has 1 aromatic carbocycles. The van der Waals surface area contributed by atoms with Gasteiger partial charge in [-0.2, -0.15) is 0 Å². The van der Waals surface area contributed by atoms with Crippen LogP contribution < -0.4 is 4.74 Å². The van der Waals surface area contributed by atoms with Crippen LogP contribution >= 0.6 is 0 Å². The second-order valence-electron chi connectivity index (χ2n) is 7.86. The van der Waals surface area contributed by atoms with Gasteiger partial charge in [0.15, 0.2) is 34.3 Å². The summed E-state index contributed by atoms with van der Waals surface area (Å²) in [7, 11) is 1.36. The van der Waals surface area contributed by atoms with Crippen LogP contribution in [0.25, 0.3) is 0 Å². The van der Waals surface area contributed by atoms with E-state index in [-0.39, 0.29) is 5.56 Å². The Bertz CT molecular complexity index is 954. The number of Topliss-reactive ketones (excluding diaryl/α,β-unsaturated/α-hetero) is 5. The van der Waals surface area contributed by atoms with E-state index in [0.29, 0.717) is 26.5 Å². The van der Waals surface area contributed by atoms with E-state index in [1.54, 1.807) is 0 Å². The van der Waals surface area contributed by atoms with Gasteiger partial charge < -0.3 is 30.3 Å². The Morgan fingerprint density at radius 1 is 0.879 bits per heavy atom. The normalized spacial score (nSPS) is 18.6. The summed E-state index contributed by atoms with van der Waals surface area (Å²) in [5.74, 6) is -7.13. The molecule has 182 valence electrons. The molecule has 11 heteroatoms. The maximum Gasteiger partial charge on any atom is 0.240 e. The fourth-order valence-electron chi connectivity index (χ4n) is 3.67. The summed E-state index contributed by atoms with van der Waals surface area (Å²) in [6, 6.07) is 5.33. The predicted octanol–water partition coefficient (Wildman–Crippen LogP) is -1.92. The molecule has 5 atom stereocenters. The smallest absolute Gasteiger partial charge is 0.240 e. The standard InChI is InChI=1S/C22H28O11/c1-11(23)17(27)19(29)22(32,14(4)26)20(30,10-15-6-8-16(33-5)9-7-15)21(31,13(3)25)18(28)12(2)24/h6-9,17,19,27,29-32H,10H2,1-5H3/t17?,19-,20-,21+,22-/m1/s1. The van der Waals surface area contributed by atoms with E-state index in [2.05, 4.69) is 0 Å². The van der Waals surface area contributed by atoms with Gasteiger partial charge in [0.25, 0.3) is 0 Å². The Hall–Kier alpha value is -2.83. The summed E-state index contributed by atoms with van der Waals surface area (Å²) in [5.41, 5.74) is -11.0. The number of carbonyl (C=O) groups is 5. The molecular formula is C22H28O11. The zero-order chi connectivity index (χ0) is 25.9. The average molecular weight is 468 g/mol. The fourth-order valence-corrected chi connectivity index (χ4v) is 3.67. The summed E-state index contributed by atoms with van der Waals surface area (Å²) < 4.78 is 5.00. The second-order valence-corrected chi connectivity index (χ2v) is 7.86. The monoisotopic (exact) mass is 468 g/mol. The van der Waals surface area contributed by atoms with Crippen molar-refractivity contribution >= 4 is 28.9 Å². The van der Waals surface area contributed by atoms with E-state index in [0.717, 1.165) is 6.92 Å². The van der Waals surface area contributed by atoms with E-state index < -0.39 is 64.3 Å². The van der Waals surface area contributed by atoms with Gasteiger partial charge in [-0.15, -0.1) is 0 Å². The Morgan fingerprint density at radius 2 is 1.36 bits per heavy atom. The summed E-state index contributed by atoms with van der Waals surface area (Å²) >= 11 is 0. The first-order chi connectivity index (χ1) is 15.0. The number of benzene rings is 1. The lowest BCUT2D eigenvalue weighted by atomic mass is 9.60. The highest BCUT2D eigenvalue weighted by Gasteiger charge is 2.72. The first kappa shape index (κ1) is 28.2. The van der Waals surface area contributed by atoms with Crippen LogP contribution in [-0.2, 0) is 30.4 Å². The first-order valence-corrected chi connectivity index (χ1v) is 9.76. The molecule has 0 saturated carbocycles. The molecule has 0 radical (unpaired) electrons. The molecule has 0 amide bonds. The summed E-state index contributed by atoms with van der Waals surface area (Å²) in [5, 5.41) is 54.8. The molecule has 0 bridgehead atoms. The van der Waals surface area contributed by atoms with Crippen LogP contribution in [0.5, 0.6) is 5.75 Å². The van der Waals surface area contributed by atoms with Crippen LogP contribution in [0.4, 0.5) is 0 Å². The van der Waals surface area contributed by atoms with Crippen molar-refractivity contribution in [1.29, 1.82) is 0 Å². The topological polar surface area (TPSA) is 196 Å². The SMILES string of the molecule is COc1ccc(C[C@@](O)([C@](O)(C(C)=O)C(=O)C(C)=O)[C@@](O)(C(C)=O)[C@H](O)C(O)C(C)=O)cc1. The zero-order valence-electron chi connectivity index (χ0n) is 18.9. The van der Waals surface area contributed by atoms with Crippen molar-refractivity contribution in [1.82, 2.24) is 0 Å². The van der Waals surface area contributed by atoms with Crippen molar-refractivity contribution in [2.24, 2.45) is 0 Å². The number of carbonyl (C=O) groups excluding carboxylic acids is 5. The Morgan fingerprint density at radius 3 is 1.70 bits per heavy atom. The zero-order valence-corrected chi connectivity index (χ0v) is 18.9. The quantitative estimate of drug-likeness (QED) is 0.169. The molecule has 1 aromatic rings. The number of ether oxygens (including phenoxy) is 1. The van der Waals surface area contributed by atoms with Gasteiger partial charge in [-0.1, -0.05) is 12.1 Å². The fraction of sp³-hybridized carbons (Fsp3) is 0.500. The minimum Gasteiger partial charge on any atom is -0.497 e. The van der Waals surface area contributed by atoms with Crippen LogP contribution in [0.1, 0.15) is 33.3 Å². The predicted molar refractivity (Wildman–Crippen MR) is 111 cm³/mol. The maximum absolute atomic E-state index is 12.7. The molecular weight excluding hydrogens is 440 g/mol. The highest BCUT2D eigenvalue weighted by Crippen LogP contribution is 2.42. The van der Waals surface area contributed by atoms with E-state index in [1.165, 1.54) is 31.4 Å². The minimum absolute atomic E-state index is 0.0125. The van der Waals surface area contributed by atoms with Crippen LogP contribution in [0, 0.1) is 0 Å². The van der Waals surface area contributed by atoms with Gasteiger partial charge in [-0.3, -0.25) is 24.0 Å². The van der Waals surface area contributed by atoms with Crippen molar-refractivity contribution in [2.45, 2.75) is 63.1 Å². The Kier molecular flexibility index (Phi) is 8.53. The van der Waals surface area contributed by atoms with E-state index >= 15 is 0 Å². The van der Waals surface area contributed by atoms with E-state index in [1.807, 2.05) is 0 Å². The number of ketones is 5. The van der Waals surface area contributed by atoms with Gasteiger partial charge in [-0.25, -0.2) is 0 Å². The number of rotatable bonds is 12. The number of hydrogen-bond acceptors (Lipinski definition) is 11. The van der Waals surface area contributed by atoms with Gasteiger partial charge in [0.1, 0.15) is 18.0 Å². The molecule has 1 unspecified atom stereocenters. The van der Waals surface area contributed by atoms with Crippen LogP contribution in [0.3, 0.4) is 0 Å². The molecule has 0 spiro atoms. The van der Waals surface area contributed by atoms with Crippen molar-refractivity contribution in [3.05, 3.63) is 29.8 Å². The van der Waals surface area contributed by atoms with Gasteiger partial charge in [-0.05, 0) is 38.5 Å². The van der Waals surface area contributed by atoms with Crippen molar-refractivity contribution in [2.75, 3.05) is 7.11 Å². The number of hydrogen-bond donors (Lipinski definition) is 5. The largest absolute Gasteiger partial charge is 0.497 e. The summed E-state index contributed by atoms with van der Waals surface area (Å²) in [6.07, 6.45) is -6.32. The minimum atomic E-state index is -3.75. The molecule has 0 aromatic heterocycles. The van der Waals surface area contributed by atoms with Gasteiger partial charge in [0, 0.05) is 13.3 Å². The molecule has 0 heterocycles. The molecule has 33 heavy (non-hydrogen) atoms. The van der Waals surface area contributed by atoms with Crippen molar-refractivity contribution in [3.63, 3.8) is 0 Å². The Labute approximate surface area is 189 Å². The second kappa shape index (κ2) is 9.98.